The zero-order valence-electron chi connectivity index (χ0n) is 38.2. The fourth-order valence-electron chi connectivity index (χ4n) is 7.47. The van der Waals surface area contributed by atoms with E-state index in [9.17, 15) is 70.9 Å². The van der Waals surface area contributed by atoms with E-state index >= 15 is 0 Å². The Bertz CT molecular complexity index is 2430. The number of aliphatic imine (C=N–C) groups is 1. The normalized spacial score (nSPS) is 15.9. The molecule has 0 unspecified atom stereocenters. The zero-order valence-corrected chi connectivity index (χ0v) is 39.0. The van der Waals surface area contributed by atoms with Gasteiger partial charge in [-0.1, -0.05) is 35.9 Å². The van der Waals surface area contributed by atoms with Crippen molar-refractivity contribution < 1.29 is 81.1 Å². The first-order chi connectivity index (χ1) is 33.5. The number of halogens is 1. The molecule has 24 N–H and O–H groups in total. The number of nitrogens with two attached hydrogens (primary N) is 4. The Labute approximate surface area is 410 Å². The number of fused-ring (bicyclic) bond motifs is 1. The number of aliphatic hydroxyl groups is 10. The van der Waals surface area contributed by atoms with Gasteiger partial charge in [-0.2, -0.15) is 0 Å². The number of amides is 2. The predicted octanol–water partition coefficient (Wildman–Crippen LogP) is -4.05. The van der Waals surface area contributed by atoms with Crippen molar-refractivity contribution in [3.05, 3.63) is 63.9 Å². The first-order valence-electron chi connectivity index (χ1n) is 22.1. The van der Waals surface area contributed by atoms with E-state index in [1.54, 1.807) is 36.4 Å². The third kappa shape index (κ3) is 15.3. The predicted molar refractivity (Wildman–Crippen MR) is 257 cm³/mol. The number of aromatic nitrogens is 2. The number of unbranched alkanes of at least 4 members (excludes halogenated alkanes) is 1. The quantitative estimate of drug-likeness (QED) is 0.00936. The molecule has 4 aromatic rings. The SMILES string of the molecule is NC(=NCCCCc1ccc(C[C@H](N)C(=O)Nc2ccc(CCCN(C[C@H](O)[C@@H](O)[C@H](O)[C@H](O)CO)C[C@H](O)[C@@H](O)[C@H](O)[C@H](O)CO)cc2)c2c(O)c(O)c(O)c(O)c12)NC(=O)c1nc(Cl)c(N)nc1N. The number of phenolic OH excluding ortho intramolecular Hbond substituents is 4. The van der Waals surface area contributed by atoms with Crippen LogP contribution in [-0.4, -0.2) is 198 Å². The monoisotopic (exact) mass is 1020 g/mol. The highest BCUT2D eigenvalue weighted by molar-refractivity contribution is 6.31. The smallest absolute Gasteiger partial charge is 0.280 e. The maximum absolute atomic E-state index is 13.3. The third-order valence-corrected chi connectivity index (χ3v) is 11.8. The molecule has 0 saturated carbocycles. The van der Waals surface area contributed by atoms with Gasteiger partial charge in [0.15, 0.2) is 39.9 Å². The maximum Gasteiger partial charge on any atom is 0.280 e. The van der Waals surface area contributed by atoms with Crippen LogP contribution in [0.15, 0.2) is 41.4 Å². The summed E-state index contributed by atoms with van der Waals surface area (Å²) in [5.74, 6) is -5.56. The Morgan fingerprint density at radius 1 is 0.676 bits per heavy atom. The fraction of sp³-hybridized carbons (Fsp3) is 0.477. The molecule has 0 aliphatic carbocycles. The van der Waals surface area contributed by atoms with Gasteiger partial charge < -0.3 is 99.7 Å². The number of nitrogen functional groups attached to an aromatic ring is 2. The minimum atomic E-state index is -1.93. The number of aliphatic hydroxyl groups excluding tert-OH is 10. The minimum Gasteiger partial charge on any atom is -0.504 e. The molecule has 0 fully saturated rings. The first-order valence-corrected chi connectivity index (χ1v) is 22.5. The number of guanidine groups is 1. The molecule has 0 aliphatic heterocycles. The molecule has 1 heterocycles. The number of carbonyl (C=O) groups is 2. The molecule has 71 heavy (non-hydrogen) atoms. The number of aromatic hydroxyl groups is 4. The van der Waals surface area contributed by atoms with Gasteiger partial charge in [-0.3, -0.25) is 24.8 Å². The molecule has 0 radical (unpaired) electrons. The lowest BCUT2D eigenvalue weighted by Crippen LogP contribution is -2.53. The van der Waals surface area contributed by atoms with Crippen LogP contribution in [0, 0.1) is 0 Å². The van der Waals surface area contributed by atoms with E-state index in [1.165, 1.54) is 4.90 Å². The molecule has 27 heteroatoms. The zero-order chi connectivity index (χ0) is 52.9. The summed E-state index contributed by atoms with van der Waals surface area (Å²) in [4.78, 5) is 38.9. The number of phenols is 4. The summed E-state index contributed by atoms with van der Waals surface area (Å²) in [5.41, 5.74) is 24.9. The molecular formula is C44H63ClN10O16. The van der Waals surface area contributed by atoms with Crippen LogP contribution < -0.4 is 33.6 Å². The summed E-state index contributed by atoms with van der Waals surface area (Å²) in [6.07, 6.45) is -13.1. The van der Waals surface area contributed by atoms with Crippen molar-refractivity contribution in [1.82, 2.24) is 20.2 Å². The molecule has 392 valence electrons. The summed E-state index contributed by atoms with van der Waals surface area (Å²) in [6.45, 7) is -2.45. The molecule has 4 rings (SSSR count). The van der Waals surface area contributed by atoms with Crippen molar-refractivity contribution in [2.75, 3.05) is 56.2 Å². The van der Waals surface area contributed by atoms with Crippen LogP contribution in [0.25, 0.3) is 10.8 Å². The summed E-state index contributed by atoms with van der Waals surface area (Å²) < 4.78 is 0. The number of anilines is 3. The second-order valence-corrected chi connectivity index (χ2v) is 17.2. The third-order valence-electron chi connectivity index (χ3n) is 11.5. The Kier molecular flexibility index (Phi) is 21.5. The minimum absolute atomic E-state index is 0.00802. The molecule has 0 aliphatic rings. The molecule has 1 aromatic heterocycles. The van der Waals surface area contributed by atoms with E-state index in [2.05, 4.69) is 25.6 Å². The Hall–Kier alpha value is -5.98. The molecule has 0 spiro atoms. The van der Waals surface area contributed by atoms with E-state index in [-0.39, 0.29) is 70.7 Å². The summed E-state index contributed by atoms with van der Waals surface area (Å²) in [7, 11) is 0. The standard InChI is InChI=1S/C44H63ClN10O16/c45-39-41(48)53-40(47)30(52-39)43(71)54-44(49)50-12-2-1-5-20-8-9-21(29-28(20)35(66)37(68)38(69)36(29)67)14-23(46)42(70)51-22-10-6-19(7-11-22)4-3-13-55(15-24(58)31(62)33(64)26(60)17-56)16-25(59)32(63)34(65)27(61)18-57/h6-11,23-27,31-34,56-69H,1-5,12-18,46H2,(H,51,70)(H4,47,48,53)(H3,49,50,54,71)/t23-,24-,25-,26+,27+,31+,32+,33+,34+/m0/s1. The van der Waals surface area contributed by atoms with Crippen LogP contribution in [0.1, 0.15) is 46.4 Å². The number of benzene rings is 3. The van der Waals surface area contributed by atoms with Crippen LogP contribution in [0.2, 0.25) is 5.15 Å². The van der Waals surface area contributed by atoms with E-state index in [1.807, 2.05) is 0 Å². The topological polar surface area (TPSA) is 487 Å². The Morgan fingerprint density at radius 3 is 1.75 bits per heavy atom. The number of aryl methyl sites for hydroxylation is 2. The van der Waals surface area contributed by atoms with Crippen molar-refractivity contribution in [2.24, 2.45) is 16.5 Å². The molecule has 0 bridgehead atoms. The van der Waals surface area contributed by atoms with Gasteiger partial charge in [0.1, 0.15) is 36.6 Å². The van der Waals surface area contributed by atoms with Gasteiger partial charge in [-0.05, 0) is 73.9 Å². The average Bonchev–Trinajstić information content (AvgIpc) is 3.34. The van der Waals surface area contributed by atoms with Gasteiger partial charge in [0.25, 0.3) is 5.91 Å². The molecule has 26 nitrogen and oxygen atoms in total. The Morgan fingerprint density at radius 2 is 1.20 bits per heavy atom. The fourth-order valence-corrected chi connectivity index (χ4v) is 7.60. The van der Waals surface area contributed by atoms with Crippen LogP contribution >= 0.6 is 11.6 Å². The molecule has 0 saturated heterocycles. The number of nitrogens with zero attached hydrogens (tertiary/aromatic N) is 4. The van der Waals surface area contributed by atoms with E-state index in [4.69, 9.17) is 44.7 Å². The highest BCUT2D eigenvalue weighted by atomic mass is 35.5. The van der Waals surface area contributed by atoms with Crippen LogP contribution in [0.5, 0.6) is 23.0 Å². The van der Waals surface area contributed by atoms with Crippen LogP contribution in [0.4, 0.5) is 17.3 Å². The number of nitrogens with one attached hydrogen (secondary N) is 2. The van der Waals surface area contributed by atoms with Crippen molar-refractivity contribution in [3.63, 3.8) is 0 Å². The number of hydrogen-bond donors (Lipinski definition) is 20. The lowest BCUT2D eigenvalue weighted by Gasteiger charge is -2.33. The lowest BCUT2D eigenvalue weighted by atomic mass is 9.91. The highest BCUT2D eigenvalue weighted by Gasteiger charge is 2.34. The molecule has 2 amide bonds. The Balaban J connectivity index is 1.38. The van der Waals surface area contributed by atoms with Gasteiger partial charge in [-0.25, -0.2) is 9.97 Å². The van der Waals surface area contributed by atoms with Crippen molar-refractivity contribution in [1.29, 1.82) is 0 Å². The second kappa shape index (κ2) is 26.5. The van der Waals surface area contributed by atoms with Crippen molar-refractivity contribution in [2.45, 2.75) is 93.4 Å². The average molecular weight is 1020 g/mol. The first kappa shape index (κ1) is 57.6. The molecule has 9 atom stereocenters. The van der Waals surface area contributed by atoms with Gasteiger partial charge in [0, 0.05) is 36.1 Å². The van der Waals surface area contributed by atoms with Crippen LogP contribution in [0.3, 0.4) is 0 Å². The van der Waals surface area contributed by atoms with E-state index in [0.717, 1.165) is 5.56 Å². The van der Waals surface area contributed by atoms with Gasteiger partial charge in [-0.15, -0.1) is 0 Å². The number of rotatable bonds is 26. The number of hydrogen-bond acceptors (Lipinski definition) is 23. The van der Waals surface area contributed by atoms with E-state index in [0.29, 0.717) is 36.9 Å². The van der Waals surface area contributed by atoms with Crippen molar-refractivity contribution in [3.8, 4) is 23.0 Å². The van der Waals surface area contributed by atoms with Gasteiger partial charge in [0.05, 0.1) is 31.5 Å². The summed E-state index contributed by atoms with van der Waals surface area (Å²) >= 11 is 5.83. The van der Waals surface area contributed by atoms with Gasteiger partial charge >= 0.3 is 0 Å². The molecular weight excluding hydrogens is 960 g/mol. The maximum atomic E-state index is 13.3. The van der Waals surface area contributed by atoms with Gasteiger partial charge in [0.2, 0.25) is 17.4 Å². The largest absolute Gasteiger partial charge is 0.504 e. The van der Waals surface area contributed by atoms with E-state index < -0.39 is 116 Å². The number of carbonyl (C=O) groups excluding carboxylic acids is 2. The van der Waals surface area contributed by atoms with Crippen molar-refractivity contribution >= 4 is 57.5 Å². The highest BCUT2D eigenvalue weighted by Crippen LogP contribution is 2.51. The van der Waals surface area contributed by atoms with Crippen LogP contribution in [-0.2, 0) is 24.1 Å². The summed E-state index contributed by atoms with van der Waals surface area (Å²) in [5, 5.41) is 147. The molecule has 3 aromatic carbocycles. The lowest BCUT2D eigenvalue weighted by molar-refractivity contribution is -0.130. The second-order valence-electron chi connectivity index (χ2n) is 16.8. The summed E-state index contributed by atoms with van der Waals surface area (Å²) in [6, 6.07) is 8.49.